The molecule has 42 valence electrons. The van der Waals surface area contributed by atoms with Crippen LogP contribution in [0.5, 0.6) is 0 Å². The van der Waals surface area contributed by atoms with Gasteiger partial charge in [0.1, 0.15) is 0 Å². The summed E-state index contributed by atoms with van der Waals surface area (Å²) in [5, 5.41) is 0. The lowest BCUT2D eigenvalue weighted by Crippen LogP contribution is -1.82. The quantitative estimate of drug-likeness (QED) is 0.379. The molecule has 0 aliphatic heterocycles. The molecule has 0 saturated carbocycles. The van der Waals surface area contributed by atoms with Crippen LogP contribution in [-0.2, 0) is 4.43 Å². The fraction of sp³-hybridized carbons (Fsp3) is 0.600. The van der Waals surface area contributed by atoms with E-state index in [1.807, 2.05) is 13.0 Å². The first kappa shape index (κ1) is 6.76. The predicted molar refractivity (Wildman–Crippen MR) is 35.1 cm³/mol. The van der Waals surface area contributed by atoms with Crippen LogP contribution in [0, 0.1) is 0 Å². The molecule has 0 aliphatic carbocycles. The third kappa shape index (κ3) is 2.45. The summed E-state index contributed by atoms with van der Waals surface area (Å²) in [6, 6.07) is 0. The van der Waals surface area contributed by atoms with E-state index in [-0.39, 0.29) is 0 Å². The molecular weight excluding hydrogens is 104 g/mol. The number of allylic oxidation sites excluding steroid dienone is 2. The normalized spacial score (nSPS) is 12.0. The third-order valence-corrected chi connectivity index (χ3v) is 1.46. The van der Waals surface area contributed by atoms with Crippen molar-refractivity contribution in [2.75, 3.05) is 0 Å². The molecule has 0 rings (SSSR count). The molecule has 0 heterocycles. The van der Waals surface area contributed by atoms with E-state index >= 15 is 0 Å². The van der Waals surface area contributed by atoms with Crippen molar-refractivity contribution >= 4 is 10.5 Å². The highest BCUT2D eigenvalue weighted by atomic mass is 28.2. The van der Waals surface area contributed by atoms with Crippen LogP contribution in [0.2, 0.25) is 0 Å². The van der Waals surface area contributed by atoms with Gasteiger partial charge in [-0.1, -0.05) is 13.0 Å². The second-order valence-corrected chi connectivity index (χ2v) is 1.72. The Morgan fingerprint density at radius 3 is 2.43 bits per heavy atom. The van der Waals surface area contributed by atoms with Gasteiger partial charge in [0.2, 0.25) is 10.5 Å². The van der Waals surface area contributed by atoms with Gasteiger partial charge in [-0.3, -0.25) is 0 Å². The zero-order valence-electron chi connectivity index (χ0n) is 5.19. The van der Waals surface area contributed by atoms with Gasteiger partial charge < -0.3 is 4.43 Å². The first-order chi connectivity index (χ1) is 3.35. The summed E-state index contributed by atoms with van der Waals surface area (Å²) in [5.74, 6) is 1.12. The lowest BCUT2D eigenvalue weighted by Gasteiger charge is -1.99. The summed E-state index contributed by atoms with van der Waals surface area (Å²) in [5.41, 5.74) is 0. The van der Waals surface area contributed by atoms with Crippen molar-refractivity contribution in [3.05, 3.63) is 11.8 Å². The van der Waals surface area contributed by atoms with E-state index in [2.05, 4.69) is 6.92 Å². The van der Waals surface area contributed by atoms with E-state index in [0.717, 1.165) is 22.7 Å². The van der Waals surface area contributed by atoms with Crippen molar-refractivity contribution in [1.82, 2.24) is 0 Å². The van der Waals surface area contributed by atoms with Crippen LogP contribution in [0.25, 0.3) is 0 Å². The Morgan fingerprint density at radius 2 is 2.43 bits per heavy atom. The van der Waals surface area contributed by atoms with E-state index < -0.39 is 0 Å². The monoisotopic (exact) mass is 116 g/mol. The first-order valence-corrected chi connectivity index (χ1v) is 3.36. The number of hydrogen-bond acceptors (Lipinski definition) is 1. The maximum Gasteiger partial charge on any atom is 0.203 e. The van der Waals surface area contributed by atoms with Crippen molar-refractivity contribution in [2.45, 2.75) is 20.3 Å². The Labute approximate surface area is 47.9 Å². The average molecular weight is 116 g/mol. The molecule has 0 spiro atoms. The highest BCUT2D eigenvalue weighted by Crippen LogP contribution is 1.97. The lowest BCUT2D eigenvalue weighted by molar-refractivity contribution is 0.449. The Balaban J connectivity index is 3.38. The molecule has 0 N–H and O–H groups in total. The minimum atomic E-state index is 0.823. The number of hydrogen-bond donors (Lipinski definition) is 0. The predicted octanol–water partition coefficient (Wildman–Crippen LogP) is 0.597. The molecule has 0 aromatic rings. The summed E-state index contributed by atoms with van der Waals surface area (Å²) in [6.07, 6.45) is 3.03. The zero-order valence-corrected chi connectivity index (χ0v) is 7.19. The van der Waals surface area contributed by atoms with Gasteiger partial charge in [-0.05, 0) is 6.92 Å². The molecule has 0 bridgehead atoms. The second kappa shape index (κ2) is 3.93. The largest absolute Gasteiger partial charge is 0.556 e. The molecule has 1 nitrogen and oxygen atoms in total. The van der Waals surface area contributed by atoms with Gasteiger partial charge >= 0.3 is 0 Å². The SMILES string of the molecule is CC=C(CC)O[SiH3]. The van der Waals surface area contributed by atoms with Crippen LogP contribution in [0.3, 0.4) is 0 Å². The molecule has 0 aromatic heterocycles. The highest BCUT2D eigenvalue weighted by molar-refractivity contribution is 5.98. The Kier molecular flexibility index (Phi) is 3.79. The Bertz CT molecular complexity index is 62.5. The molecular formula is C5H12OSi. The van der Waals surface area contributed by atoms with E-state index in [0.29, 0.717) is 0 Å². The molecule has 2 heteroatoms. The van der Waals surface area contributed by atoms with Gasteiger partial charge in [0.15, 0.2) is 0 Å². The molecule has 0 aromatic carbocycles. The summed E-state index contributed by atoms with van der Waals surface area (Å²) in [7, 11) is 0.823. The van der Waals surface area contributed by atoms with Crippen LogP contribution in [0.1, 0.15) is 20.3 Å². The molecule has 0 saturated heterocycles. The minimum Gasteiger partial charge on any atom is -0.556 e. The van der Waals surface area contributed by atoms with Crippen LogP contribution >= 0.6 is 0 Å². The molecule has 0 aliphatic rings. The fourth-order valence-corrected chi connectivity index (χ4v) is 0.991. The van der Waals surface area contributed by atoms with Crippen LogP contribution in [-0.4, -0.2) is 10.5 Å². The second-order valence-electron chi connectivity index (χ2n) is 1.31. The van der Waals surface area contributed by atoms with Crippen molar-refractivity contribution in [2.24, 2.45) is 0 Å². The molecule has 0 unspecified atom stereocenters. The maximum atomic E-state index is 5.05. The first-order valence-electron chi connectivity index (χ1n) is 2.54. The zero-order chi connectivity index (χ0) is 5.70. The molecule has 0 radical (unpaired) electrons. The topological polar surface area (TPSA) is 9.23 Å². The molecule has 0 atom stereocenters. The van der Waals surface area contributed by atoms with Crippen molar-refractivity contribution in [3.63, 3.8) is 0 Å². The van der Waals surface area contributed by atoms with E-state index in [9.17, 15) is 0 Å². The Hall–Kier alpha value is -0.243. The van der Waals surface area contributed by atoms with Gasteiger partial charge in [0.25, 0.3) is 0 Å². The molecule has 0 fully saturated rings. The average Bonchev–Trinajstić information content (AvgIpc) is 1.72. The van der Waals surface area contributed by atoms with Gasteiger partial charge in [0.05, 0.1) is 5.76 Å². The maximum absolute atomic E-state index is 5.05. The summed E-state index contributed by atoms with van der Waals surface area (Å²) >= 11 is 0. The fourth-order valence-electron chi connectivity index (χ4n) is 0.466. The summed E-state index contributed by atoms with van der Waals surface area (Å²) in [4.78, 5) is 0. The standard InChI is InChI=1S/C5H12OSi/c1-3-5(4-2)6-7/h3H,4H2,1-2,7H3. The smallest absolute Gasteiger partial charge is 0.203 e. The van der Waals surface area contributed by atoms with Crippen LogP contribution in [0.15, 0.2) is 11.8 Å². The van der Waals surface area contributed by atoms with Crippen LogP contribution in [0.4, 0.5) is 0 Å². The van der Waals surface area contributed by atoms with Crippen LogP contribution < -0.4 is 0 Å². The Morgan fingerprint density at radius 1 is 1.86 bits per heavy atom. The van der Waals surface area contributed by atoms with Crippen molar-refractivity contribution < 1.29 is 4.43 Å². The van der Waals surface area contributed by atoms with E-state index in [4.69, 9.17) is 4.43 Å². The van der Waals surface area contributed by atoms with E-state index in [1.165, 1.54) is 0 Å². The van der Waals surface area contributed by atoms with Crippen molar-refractivity contribution in [3.8, 4) is 0 Å². The summed E-state index contributed by atoms with van der Waals surface area (Å²) < 4.78 is 5.05. The summed E-state index contributed by atoms with van der Waals surface area (Å²) in [6.45, 7) is 4.09. The minimum absolute atomic E-state index is 0.823. The lowest BCUT2D eigenvalue weighted by atomic mass is 10.4. The van der Waals surface area contributed by atoms with Gasteiger partial charge in [-0.15, -0.1) is 0 Å². The molecule has 0 amide bonds. The van der Waals surface area contributed by atoms with E-state index in [1.54, 1.807) is 0 Å². The van der Waals surface area contributed by atoms with Gasteiger partial charge in [-0.2, -0.15) is 0 Å². The van der Waals surface area contributed by atoms with Gasteiger partial charge in [0, 0.05) is 6.42 Å². The molecule has 7 heavy (non-hydrogen) atoms. The third-order valence-electron chi connectivity index (χ3n) is 0.933. The van der Waals surface area contributed by atoms with Crippen molar-refractivity contribution in [1.29, 1.82) is 0 Å². The number of rotatable bonds is 2. The highest BCUT2D eigenvalue weighted by Gasteiger charge is 1.81. The van der Waals surface area contributed by atoms with Gasteiger partial charge in [-0.25, -0.2) is 0 Å².